The molecular formula is C16H20N4O2. The summed E-state index contributed by atoms with van der Waals surface area (Å²) >= 11 is 0. The molecular weight excluding hydrogens is 280 g/mol. The molecule has 1 N–H and O–H groups in total. The van der Waals surface area contributed by atoms with Gasteiger partial charge in [0.15, 0.2) is 0 Å². The van der Waals surface area contributed by atoms with Crippen LogP contribution in [-0.4, -0.2) is 40.6 Å². The summed E-state index contributed by atoms with van der Waals surface area (Å²) in [6.45, 7) is 4.04. The number of nitrogens with zero attached hydrogens (tertiary/aromatic N) is 3. The Hall–Kier alpha value is -2.21. The van der Waals surface area contributed by atoms with Crippen molar-refractivity contribution in [3.8, 4) is 0 Å². The number of nitrogens with one attached hydrogen (secondary N) is 1. The van der Waals surface area contributed by atoms with Gasteiger partial charge in [0.2, 0.25) is 5.89 Å². The molecule has 2 heterocycles. The molecule has 0 saturated carbocycles. The van der Waals surface area contributed by atoms with Crippen molar-refractivity contribution in [2.75, 3.05) is 19.6 Å². The zero-order valence-electron chi connectivity index (χ0n) is 12.7. The number of benzene rings is 1. The number of rotatable bonds is 4. The van der Waals surface area contributed by atoms with Crippen molar-refractivity contribution in [1.29, 1.82) is 0 Å². The van der Waals surface area contributed by atoms with Crippen LogP contribution < -0.4 is 5.32 Å². The van der Waals surface area contributed by atoms with Crippen LogP contribution in [0.2, 0.25) is 0 Å². The molecule has 0 radical (unpaired) electrons. The molecule has 1 aromatic heterocycles. The summed E-state index contributed by atoms with van der Waals surface area (Å²) < 4.78 is 5.45. The standard InChI is InChI=1S/C16H20N4O2/c1-2-6-14-18-19-15(22-14)16(21)20-10-9-17-13(11-20)12-7-4-3-5-8-12/h3-5,7-8,13,17H,2,6,9-11H2,1H3. The van der Waals surface area contributed by atoms with E-state index in [1.165, 1.54) is 5.56 Å². The van der Waals surface area contributed by atoms with Crippen molar-refractivity contribution in [2.24, 2.45) is 0 Å². The minimum Gasteiger partial charge on any atom is -0.417 e. The van der Waals surface area contributed by atoms with Crippen LogP contribution >= 0.6 is 0 Å². The monoisotopic (exact) mass is 300 g/mol. The lowest BCUT2D eigenvalue weighted by Crippen LogP contribution is -2.48. The molecule has 3 rings (SSSR count). The van der Waals surface area contributed by atoms with E-state index >= 15 is 0 Å². The molecule has 6 nitrogen and oxygen atoms in total. The van der Waals surface area contributed by atoms with Gasteiger partial charge in [-0.3, -0.25) is 4.79 Å². The van der Waals surface area contributed by atoms with Crippen molar-refractivity contribution in [2.45, 2.75) is 25.8 Å². The summed E-state index contributed by atoms with van der Waals surface area (Å²) in [7, 11) is 0. The molecule has 0 bridgehead atoms. The zero-order valence-corrected chi connectivity index (χ0v) is 12.7. The second-order valence-corrected chi connectivity index (χ2v) is 5.42. The average Bonchev–Trinajstić information content (AvgIpc) is 3.04. The SMILES string of the molecule is CCCc1nnc(C(=O)N2CCNC(c3ccccc3)C2)o1. The predicted octanol–water partition coefficient (Wildman–Crippen LogP) is 1.81. The first-order valence-electron chi connectivity index (χ1n) is 7.68. The predicted molar refractivity (Wildman–Crippen MR) is 81.4 cm³/mol. The Morgan fingerprint density at radius 2 is 2.18 bits per heavy atom. The minimum absolute atomic E-state index is 0.0946. The topological polar surface area (TPSA) is 71.3 Å². The summed E-state index contributed by atoms with van der Waals surface area (Å²) in [4.78, 5) is 14.3. The number of aryl methyl sites for hydroxylation is 1. The van der Waals surface area contributed by atoms with E-state index < -0.39 is 0 Å². The molecule has 1 aromatic carbocycles. The van der Waals surface area contributed by atoms with E-state index in [1.54, 1.807) is 4.90 Å². The summed E-state index contributed by atoms with van der Waals surface area (Å²) in [5.74, 6) is 0.440. The van der Waals surface area contributed by atoms with Gasteiger partial charge in [-0.2, -0.15) is 0 Å². The first-order chi connectivity index (χ1) is 10.8. The average molecular weight is 300 g/mol. The maximum absolute atomic E-state index is 12.5. The third-order valence-electron chi connectivity index (χ3n) is 3.78. The van der Waals surface area contributed by atoms with E-state index in [4.69, 9.17) is 4.42 Å². The number of amides is 1. The van der Waals surface area contributed by atoms with Crippen molar-refractivity contribution in [3.63, 3.8) is 0 Å². The Kier molecular flexibility index (Phi) is 4.48. The summed E-state index contributed by atoms with van der Waals surface area (Å²) in [5, 5.41) is 11.2. The van der Waals surface area contributed by atoms with Crippen LogP contribution in [0.1, 0.15) is 41.5 Å². The zero-order chi connectivity index (χ0) is 15.4. The number of aromatic nitrogens is 2. The fourth-order valence-corrected chi connectivity index (χ4v) is 2.63. The van der Waals surface area contributed by atoms with Crippen molar-refractivity contribution in [3.05, 3.63) is 47.7 Å². The van der Waals surface area contributed by atoms with Gasteiger partial charge in [0, 0.05) is 32.1 Å². The number of carbonyl (C=O) groups excluding carboxylic acids is 1. The third-order valence-corrected chi connectivity index (χ3v) is 3.78. The molecule has 1 saturated heterocycles. The molecule has 6 heteroatoms. The first kappa shape index (κ1) is 14.7. The van der Waals surface area contributed by atoms with Gasteiger partial charge in [0.1, 0.15) is 0 Å². The van der Waals surface area contributed by atoms with Crippen molar-refractivity contribution >= 4 is 5.91 Å². The van der Waals surface area contributed by atoms with E-state index in [0.717, 1.165) is 13.0 Å². The van der Waals surface area contributed by atoms with Gasteiger partial charge in [-0.1, -0.05) is 37.3 Å². The van der Waals surface area contributed by atoms with E-state index in [2.05, 4.69) is 27.6 Å². The summed E-state index contributed by atoms with van der Waals surface area (Å²) in [6, 6.07) is 10.3. The van der Waals surface area contributed by atoms with E-state index in [1.807, 2.05) is 25.1 Å². The highest BCUT2D eigenvalue weighted by atomic mass is 16.4. The van der Waals surface area contributed by atoms with Crippen LogP contribution in [-0.2, 0) is 6.42 Å². The van der Waals surface area contributed by atoms with Crippen LogP contribution in [0, 0.1) is 0 Å². The number of hydrogen-bond donors (Lipinski definition) is 1. The molecule has 1 unspecified atom stereocenters. The molecule has 1 aliphatic rings. The van der Waals surface area contributed by atoms with Crippen LogP contribution in [0.4, 0.5) is 0 Å². The summed E-state index contributed by atoms with van der Waals surface area (Å²) in [6.07, 6.45) is 1.62. The molecule has 1 fully saturated rings. The van der Waals surface area contributed by atoms with Gasteiger partial charge in [-0.15, -0.1) is 10.2 Å². The molecule has 0 aliphatic carbocycles. The highest BCUT2D eigenvalue weighted by Gasteiger charge is 2.28. The van der Waals surface area contributed by atoms with Gasteiger partial charge < -0.3 is 14.6 Å². The van der Waals surface area contributed by atoms with Gasteiger partial charge in [0.05, 0.1) is 0 Å². The Labute approximate surface area is 129 Å². The normalized spacial score (nSPS) is 18.4. The molecule has 1 aliphatic heterocycles. The molecule has 116 valence electrons. The molecule has 22 heavy (non-hydrogen) atoms. The molecule has 1 atom stereocenters. The van der Waals surface area contributed by atoms with E-state index in [-0.39, 0.29) is 17.8 Å². The Balaban J connectivity index is 1.69. The van der Waals surface area contributed by atoms with Crippen LogP contribution in [0.25, 0.3) is 0 Å². The van der Waals surface area contributed by atoms with Crippen LogP contribution in [0.3, 0.4) is 0 Å². The lowest BCUT2D eigenvalue weighted by Gasteiger charge is -2.33. The smallest absolute Gasteiger partial charge is 0.311 e. The summed E-state index contributed by atoms with van der Waals surface area (Å²) in [5.41, 5.74) is 1.18. The minimum atomic E-state index is -0.183. The maximum atomic E-state index is 12.5. The molecule has 2 aromatic rings. The fraction of sp³-hybridized carbons (Fsp3) is 0.438. The number of carbonyl (C=O) groups is 1. The van der Waals surface area contributed by atoms with E-state index in [0.29, 0.717) is 25.4 Å². The highest BCUT2D eigenvalue weighted by Crippen LogP contribution is 2.18. The second-order valence-electron chi connectivity index (χ2n) is 5.42. The van der Waals surface area contributed by atoms with Gasteiger partial charge in [-0.05, 0) is 12.0 Å². The molecule has 0 spiro atoms. The van der Waals surface area contributed by atoms with Crippen molar-refractivity contribution in [1.82, 2.24) is 20.4 Å². The van der Waals surface area contributed by atoms with Gasteiger partial charge in [0.25, 0.3) is 0 Å². The van der Waals surface area contributed by atoms with Gasteiger partial charge in [-0.25, -0.2) is 0 Å². The highest BCUT2D eigenvalue weighted by molar-refractivity contribution is 5.89. The lowest BCUT2D eigenvalue weighted by molar-refractivity contribution is 0.0660. The second kappa shape index (κ2) is 6.70. The number of piperazine rings is 1. The Bertz CT molecular complexity index is 626. The third kappa shape index (κ3) is 3.17. The van der Waals surface area contributed by atoms with Crippen LogP contribution in [0.15, 0.2) is 34.7 Å². The first-order valence-corrected chi connectivity index (χ1v) is 7.68. The fourth-order valence-electron chi connectivity index (χ4n) is 2.63. The maximum Gasteiger partial charge on any atom is 0.311 e. The Morgan fingerprint density at radius 1 is 1.36 bits per heavy atom. The molecule has 1 amide bonds. The Morgan fingerprint density at radius 3 is 2.95 bits per heavy atom. The van der Waals surface area contributed by atoms with Gasteiger partial charge >= 0.3 is 11.8 Å². The lowest BCUT2D eigenvalue weighted by atomic mass is 10.0. The number of hydrogen-bond acceptors (Lipinski definition) is 5. The van der Waals surface area contributed by atoms with Crippen molar-refractivity contribution < 1.29 is 9.21 Å². The largest absolute Gasteiger partial charge is 0.417 e. The van der Waals surface area contributed by atoms with E-state index in [9.17, 15) is 4.79 Å². The quantitative estimate of drug-likeness (QED) is 0.932. The van der Waals surface area contributed by atoms with Crippen LogP contribution in [0.5, 0.6) is 0 Å².